The number of amides is 1. The summed E-state index contributed by atoms with van der Waals surface area (Å²) in [6, 6.07) is 4.55. The maximum Gasteiger partial charge on any atom is 0.250 e. The van der Waals surface area contributed by atoms with Crippen LogP contribution in [-0.4, -0.2) is 39.4 Å². The minimum absolute atomic E-state index is 0.0347. The van der Waals surface area contributed by atoms with Crippen molar-refractivity contribution in [2.45, 2.75) is 38.5 Å². The van der Waals surface area contributed by atoms with Gasteiger partial charge in [0.25, 0.3) is 5.91 Å². The third-order valence-electron chi connectivity index (χ3n) is 4.29. The topological polar surface area (TPSA) is 89.8 Å². The lowest BCUT2D eigenvalue weighted by molar-refractivity contribution is -0.133. The largest absolute Gasteiger partial charge is 0.493 e. The molecule has 136 valence electrons. The van der Waals surface area contributed by atoms with Gasteiger partial charge in [0.2, 0.25) is 5.75 Å². The summed E-state index contributed by atoms with van der Waals surface area (Å²) in [6.07, 6.45) is 0.305. The molecule has 0 saturated carbocycles. The van der Waals surface area contributed by atoms with Crippen LogP contribution in [0.15, 0.2) is 12.1 Å². The Hall–Kier alpha value is -2.46. The fourth-order valence-corrected chi connectivity index (χ4v) is 3.09. The Kier molecular flexibility index (Phi) is 6.10. The van der Waals surface area contributed by atoms with Crippen LogP contribution >= 0.6 is 0 Å². The van der Waals surface area contributed by atoms with Gasteiger partial charge in [-0.15, -0.1) is 0 Å². The van der Waals surface area contributed by atoms with Gasteiger partial charge in [-0.1, -0.05) is 6.92 Å². The zero-order valence-electron chi connectivity index (χ0n) is 15.2. The molecule has 1 heterocycles. The first-order valence-corrected chi connectivity index (χ1v) is 8.10. The number of nitrogens with one attached hydrogen (secondary N) is 1. The summed E-state index contributed by atoms with van der Waals surface area (Å²) in [7, 11) is 4.50. The molecule has 0 radical (unpaired) electrons. The van der Waals surface area contributed by atoms with Gasteiger partial charge < -0.3 is 24.3 Å². The van der Waals surface area contributed by atoms with Crippen LogP contribution in [0, 0.1) is 17.2 Å². The molecule has 0 aromatic heterocycles. The number of ether oxygens (including phenoxy) is 4. The van der Waals surface area contributed by atoms with Gasteiger partial charge in [-0.25, -0.2) is 0 Å². The van der Waals surface area contributed by atoms with Crippen molar-refractivity contribution < 1.29 is 23.7 Å². The van der Waals surface area contributed by atoms with E-state index in [1.165, 1.54) is 21.3 Å². The third kappa shape index (κ3) is 3.97. The SMILES string of the molecule is COc1cc([C@H](C#N)NC(=O)[C@@H]2O[C@H](C)C[C@@H]2C)cc(OC)c1OC. The van der Waals surface area contributed by atoms with E-state index in [9.17, 15) is 10.1 Å². The summed E-state index contributed by atoms with van der Waals surface area (Å²) in [6.45, 7) is 3.90. The highest BCUT2D eigenvalue weighted by Crippen LogP contribution is 2.39. The van der Waals surface area contributed by atoms with Crippen molar-refractivity contribution in [1.29, 1.82) is 5.26 Å². The Labute approximate surface area is 147 Å². The highest BCUT2D eigenvalue weighted by atomic mass is 16.5. The summed E-state index contributed by atoms with van der Waals surface area (Å²) < 4.78 is 21.5. The zero-order valence-corrected chi connectivity index (χ0v) is 15.2. The monoisotopic (exact) mass is 348 g/mol. The van der Waals surface area contributed by atoms with Crippen LogP contribution in [0.5, 0.6) is 17.2 Å². The van der Waals surface area contributed by atoms with Gasteiger partial charge in [-0.2, -0.15) is 5.26 Å². The Morgan fingerprint density at radius 3 is 2.24 bits per heavy atom. The molecule has 1 aromatic rings. The molecule has 1 aromatic carbocycles. The molecule has 1 amide bonds. The number of carbonyl (C=O) groups is 1. The fraction of sp³-hybridized carbons (Fsp3) is 0.556. The maximum atomic E-state index is 12.5. The molecule has 4 atom stereocenters. The summed E-state index contributed by atoms with van der Waals surface area (Å²) in [5, 5.41) is 12.3. The number of nitrogens with zero attached hydrogens (tertiary/aromatic N) is 1. The highest BCUT2D eigenvalue weighted by molar-refractivity contribution is 5.82. The van der Waals surface area contributed by atoms with Gasteiger partial charge in [-0.05, 0) is 37.0 Å². The molecule has 1 fully saturated rings. The van der Waals surface area contributed by atoms with Gasteiger partial charge in [0.05, 0.1) is 33.5 Å². The molecular formula is C18H24N2O5. The molecule has 0 unspecified atom stereocenters. The van der Waals surface area contributed by atoms with Gasteiger partial charge in [-0.3, -0.25) is 4.79 Å². The van der Waals surface area contributed by atoms with E-state index in [0.29, 0.717) is 22.8 Å². The number of rotatable bonds is 6. The summed E-state index contributed by atoms with van der Waals surface area (Å²) >= 11 is 0. The number of methoxy groups -OCH3 is 3. The maximum absolute atomic E-state index is 12.5. The number of hydrogen-bond donors (Lipinski definition) is 1. The fourth-order valence-electron chi connectivity index (χ4n) is 3.09. The average molecular weight is 348 g/mol. The van der Waals surface area contributed by atoms with Gasteiger partial charge in [0, 0.05) is 0 Å². The molecule has 7 nitrogen and oxygen atoms in total. The van der Waals surface area contributed by atoms with Crippen LogP contribution in [0.25, 0.3) is 0 Å². The van der Waals surface area contributed by atoms with Crippen LogP contribution in [0.1, 0.15) is 31.9 Å². The number of hydrogen-bond acceptors (Lipinski definition) is 6. The molecular weight excluding hydrogens is 324 g/mol. The normalized spacial score (nSPS) is 23.4. The molecule has 7 heteroatoms. The van der Waals surface area contributed by atoms with Crippen LogP contribution in [0.3, 0.4) is 0 Å². The minimum Gasteiger partial charge on any atom is -0.493 e. The van der Waals surface area contributed by atoms with E-state index in [1.54, 1.807) is 12.1 Å². The van der Waals surface area contributed by atoms with Crippen LogP contribution in [0.4, 0.5) is 0 Å². The van der Waals surface area contributed by atoms with E-state index in [4.69, 9.17) is 18.9 Å². The van der Waals surface area contributed by atoms with Crippen molar-refractivity contribution in [2.75, 3.05) is 21.3 Å². The summed E-state index contributed by atoms with van der Waals surface area (Å²) in [4.78, 5) is 12.5. The molecule has 1 saturated heterocycles. The first kappa shape index (κ1) is 18.9. The lowest BCUT2D eigenvalue weighted by Crippen LogP contribution is -2.39. The summed E-state index contributed by atoms with van der Waals surface area (Å²) in [5.41, 5.74) is 0.545. The van der Waals surface area contributed by atoms with Crippen molar-refractivity contribution in [3.05, 3.63) is 17.7 Å². The van der Waals surface area contributed by atoms with E-state index in [-0.39, 0.29) is 17.9 Å². The molecule has 0 aliphatic carbocycles. The van der Waals surface area contributed by atoms with E-state index < -0.39 is 12.1 Å². The van der Waals surface area contributed by atoms with Crippen LogP contribution in [0.2, 0.25) is 0 Å². The third-order valence-corrected chi connectivity index (χ3v) is 4.29. The molecule has 1 N–H and O–H groups in total. The molecule has 1 aliphatic heterocycles. The molecule has 1 aliphatic rings. The van der Waals surface area contributed by atoms with E-state index in [0.717, 1.165) is 6.42 Å². The number of carbonyl (C=O) groups excluding carboxylic acids is 1. The number of benzene rings is 1. The van der Waals surface area contributed by atoms with Crippen molar-refractivity contribution in [2.24, 2.45) is 5.92 Å². The first-order chi connectivity index (χ1) is 11.9. The minimum atomic E-state index is -0.854. The predicted molar refractivity (Wildman–Crippen MR) is 90.7 cm³/mol. The van der Waals surface area contributed by atoms with E-state index >= 15 is 0 Å². The van der Waals surface area contributed by atoms with E-state index in [2.05, 4.69) is 11.4 Å². The Morgan fingerprint density at radius 1 is 1.24 bits per heavy atom. The lowest BCUT2D eigenvalue weighted by atomic mass is 10.0. The van der Waals surface area contributed by atoms with Crippen molar-refractivity contribution in [3.63, 3.8) is 0 Å². The quantitative estimate of drug-likeness (QED) is 0.848. The number of nitriles is 1. The molecule has 0 bridgehead atoms. The van der Waals surface area contributed by atoms with Gasteiger partial charge in [0.15, 0.2) is 11.5 Å². The zero-order chi connectivity index (χ0) is 18.6. The van der Waals surface area contributed by atoms with Gasteiger partial charge >= 0.3 is 0 Å². The second-order valence-corrected chi connectivity index (χ2v) is 6.11. The molecule has 0 spiro atoms. The van der Waals surface area contributed by atoms with E-state index in [1.807, 2.05) is 13.8 Å². The smallest absolute Gasteiger partial charge is 0.250 e. The predicted octanol–water partition coefficient (Wildman–Crippen LogP) is 2.21. The molecule has 2 rings (SSSR count). The van der Waals surface area contributed by atoms with Gasteiger partial charge in [0.1, 0.15) is 12.1 Å². The Bertz CT molecular complexity index is 645. The highest BCUT2D eigenvalue weighted by Gasteiger charge is 2.36. The summed E-state index contributed by atoms with van der Waals surface area (Å²) in [5.74, 6) is 1.08. The molecule has 25 heavy (non-hydrogen) atoms. The van der Waals surface area contributed by atoms with Crippen molar-refractivity contribution in [1.82, 2.24) is 5.32 Å². The second kappa shape index (κ2) is 8.08. The Balaban J connectivity index is 2.26. The average Bonchev–Trinajstić information content (AvgIpc) is 2.96. The van der Waals surface area contributed by atoms with Crippen LogP contribution < -0.4 is 19.5 Å². The second-order valence-electron chi connectivity index (χ2n) is 6.11. The van der Waals surface area contributed by atoms with Crippen molar-refractivity contribution in [3.8, 4) is 23.3 Å². The van der Waals surface area contributed by atoms with Crippen LogP contribution in [-0.2, 0) is 9.53 Å². The standard InChI is InChI=1S/C18H24N2O5/c1-10-6-11(2)25-16(10)18(21)20-13(9-19)12-7-14(22-3)17(24-5)15(8-12)23-4/h7-8,10-11,13,16H,6H2,1-5H3,(H,20,21)/t10-,11+,13-,16+/m0/s1. The lowest BCUT2D eigenvalue weighted by Gasteiger charge is -2.20. The van der Waals surface area contributed by atoms with Crippen molar-refractivity contribution >= 4 is 5.91 Å². The Morgan fingerprint density at radius 2 is 1.84 bits per heavy atom. The first-order valence-electron chi connectivity index (χ1n) is 8.10.